The third-order valence-electron chi connectivity index (χ3n) is 5.20. The molecule has 0 bridgehead atoms. The van der Waals surface area contributed by atoms with Crippen molar-refractivity contribution in [3.63, 3.8) is 0 Å². The first-order valence-corrected chi connectivity index (χ1v) is 9.56. The normalized spacial score (nSPS) is 21.7. The molecule has 0 saturated carbocycles. The molecule has 1 aromatic heterocycles. The van der Waals surface area contributed by atoms with Crippen LogP contribution in [0.3, 0.4) is 0 Å². The highest BCUT2D eigenvalue weighted by Crippen LogP contribution is 2.34. The van der Waals surface area contributed by atoms with E-state index in [-0.39, 0.29) is 11.8 Å². The lowest BCUT2D eigenvalue weighted by Crippen LogP contribution is -2.36. The van der Waals surface area contributed by atoms with E-state index in [0.29, 0.717) is 13.1 Å². The third kappa shape index (κ3) is 3.60. The molecule has 2 heterocycles. The zero-order valence-electron chi connectivity index (χ0n) is 14.1. The standard InChI is InChI=1S/C18H26N2O2S/c1-3-14-5-6-16-15(11-14)12-17(23-16)18(22)20-8-4-7-19(9-10-20)13(2)21/h12,14H,3-11H2,1-2H3. The maximum Gasteiger partial charge on any atom is 0.263 e. The summed E-state index contributed by atoms with van der Waals surface area (Å²) in [7, 11) is 0. The van der Waals surface area contributed by atoms with Crippen molar-refractivity contribution in [2.45, 2.75) is 46.0 Å². The van der Waals surface area contributed by atoms with Gasteiger partial charge in [-0.2, -0.15) is 0 Å². The van der Waals surface area contributed by atoms with Crippen molar-refractivity contribution in [1.82, 2.24) is 9.80 Å². The molecule has 23 heavy (non-hydrogen) atoms. The SMILES string of the molecule is CCC1CCc2sc(C(=O)N3CCCN(C(C)=O)CC3)cc2C1. The topological polar surface area (TPSA) is 40.6 Å². The monoisotopic (exact) mass is 334 g/mol. The van der Waals surface area contributed by atoms with E-state index in [2.05, 4.69) is 13.0 Å². The molecule has 3 rings (SSSR count). The predicted octanol–water partition coefficient (Wildman–Crippen LogP) is 2.96. The Kier molecular flexibility index (Phi) is 5.05. The Morgan fingerprint density at radius 2 is 1.96 bits per heavy atom. The third-order valence-corrected chi connectivity index (χ3v) is 6.43. The summed E-state index contributed by atoms with van der Waals surface area (Å²) in [6.07, 6.45) is 5.62. The molecular formula is C18H26N2O2S. The van der Waals surface area contributed by atoms with Crippen LogP contribution < -0.4 is 0 Å². The van der Waals surface area contributed by atoms with E-state index in [1.807, 2.05) is 9.80 Å². The molecule has 1 aromatic rings. The molecule has 0 aromatic carbocycles. The summed E-state index contributed by atoms with van der Waals surface area (Å²) in [6, 6.07) is 2.14. The van der Waals surface area contributed by atoms with Gasteiger partial charge in [0.25, 0.3) is 5.91 Å². The van der Waals surface area contributed by atoms with Crippen LogP contribution in [0.5, 0.6) is 0 Å². The van der Waals surface area contributed by atoms with Crippen LogP contribution in [0.1, 0.15) is 53.2 Å². The van der Waals surface area contributed by atoms with Gasteiger partial charge in [-0.3, -0.25) is 9.59 Å². The zero-order chi connectivity index (χ0) is 16.4. The van der Waals surface area contributed by atoms with Crippen molar-refractivity contribution < 1.29 is 9.59 Å². The summed E-state index contributed by atoms with van der Waals surface area (Å²) in [5.74, 6) is 1.04. The summed E-state index contributed by atoms with van der Waals surface area (Å²) in [6.45, 7) is 6.69. The quantitative estimate of drug-likeness (QED) is 0.834. The van der Waals surface area contributed by atoms with Crippen molar-refractivity contribution in [3.8, 4) is 0 Å². The van der Waals surface area contributed by atoms with E-state index in [4.69, 9.17) is 0 Å². The van der Waals surface area contributed by atoms with Crippen LogP contribution in [-0.4, -0.2) is 47.8 Å². The van der Waals surface area contributed by atoms with Crippen molar-refractivity contribution in [3.05, 3.63) is 21.4 Å². The Balaban J connectivity index is 1.69. The Hall–Kier alpha value is -1.36. The van der Waals surface area contributed by atoms with Gasteiger partial charge in [0.05, 0.1) is 4.88 Å². The second kappa shape index (κ2) is 7.04. The molecule has 1 aliphatic heterocycles. The molecule has 0 spiro atoms. The van der Waals surface area contributed by atoms with Crippen LogP contribution in [0.2, 0.25) is 0 Å². The number of fused-ring (bicyclic) bond motifs is 1. The molecule has 1 fully saturated rings. The second-order valence-corrected chi connectivity index (χ2v) is 7.86. The van der Waals surface area contributed by atoms with Gasteiger partial charge in [-0.25, -0.2) is 0 Å². The van der Waals surface area contributed by atoms with E-state index < -0.39 is 0 Å². The van der Waals surface area contributed by atoms with Gasteiger partial charge in [-0.1, -0.05) is 13.3 Å². The lowest BCUT2D eigenvalue weighted by atomic mass is 9.87. The summed E-state index contributed by atoms with van der Waals surface area (Å²) in [4.78, 5) is 30.4. The number of aryl methyl sites for hydroxylation is 1. The number of carbonyl (C=O) groups is 2. The van der Waals surface area contributed by atoms with Crippen LogP contribution >= 0.6 is 11.3 Å². The molecular weight excluding hydrogens is 308 g/mol. The van der Waals surface area contributed by atoms with Crippen molar-refractivity contribution in [1.29, 1.82) is 0 Å². The van der Waals surface area contributed by atoms with Crippen LogP contribution in [0.15, 0.2) is 6.07 Å². The molecule has 1 aliphatic carbocycles. The van der Waals surface area contributed by atoms with E-state index >= 15 is 0 Å². The van der Waals surface area contributed by atoms with Gasteiger partial charge >= 0.3 is 0 Å². The molecule has 1 unspecified atom stereocenters. The average Bonchev–Trinajstić information content (AvgIpc) is 2.81. The molecule has 0 radical (unpaired) electrons. The van der Waals surface area contributed by atoms with E-state index in [1.54, 1.807) is 18.3 Å². The van der Waals surface area contributed by atoms with Crippen molar-refractivity contribution >= 4 is 23.2 Å². The Labute approximate surface area is 142 Å². The molecule has 2 aliphatic rings. The van der Waals surface area contributed by atoms with Gasteiger partial charge in [-0.15, -0.1) is 11.3 Å². The molecule has 0 N–H and O–H groups in total. The van der Waals surface area contributed by atoms with E-state index in [1.165, 1.54) is 23.3 Å². The Morgan fingerprint density at radius 1 is 1.22 bits per heavy atom. The van der Waals surface area contributed by atoms with Crippen LogP contribution in [0, 0.1) is 5.92 Å². The first kappa shape index (κ1) is 16.5. The highest BCUT2D eigenvalue weighted by molar-refractivity contribution is 7.14. The fourth-order valence-corrected chi connectivity index (χ4v) is 4.82. The summed E-state index contributed by atoms with van der Waals surface area (Å²) < 4.78 is 0. The molecule has 126 valence electrons. The molecule has 2 amide bonds. The van der Waals surface area contributed by atoms with Gasteiger partial charge in [0.1, 0.15) is 0 Å². The number of rotatable bonds is 2. The van der Waals surface area contributed by atoms with Gasteiger partial charge in [-0.05, 0) is 43.2 Å². The second-order valence-electron chi connectivity index (χ2n) is 6.73. The van der Waals surface area contributed by atoms with Gasteiger partial charge in [0.15, 0.2) is 0 Å². The highest BCUT2D eigenvalue weighted by Gasteiger charge is 2.26. The fourth-order valence-electron chi connectivity index (χ4n) is 3.64. The molecule has 1 atom stereocenters. The lowest BCUT2D eigenvalue weighted by Gasteiger charge is -2.20. The Morgan fingerprint density at radius 3 is 2.70 bits per heavy atom. The molecule has 5 heteroatoms. The number of carbonyl (C=O) groups excluding carboxylic acids is 2. The number of nitrogens with zero attached hydrogens (tertiary/aromatic N) is 2. The fraction of sp³-hybridized carbons (Fsp3) is 0.667. The van der Waals surface area contributed by atoms with Gasteiger partial charge < -0.3 is 9.80 Å². The smallest absolute Gasteiger partial charge is 0.263 e. The van der Waals surface area contributed by atoms with Crippen LogP contribution in [0.4, 0.5) is 0 Å². The van der Waals surface area contributed by atoms with Crippen LogP contribution in [-0.2, 0) is 17.6 Å². The predicted molar refractivity (Wildman–Crippen MR) is 92.9 cm³/mol. The minimum atomic E-state index is 0.108. The number of thiophene rings is 1. The lowest BCUT2D eigenvalue weighted by molar-refractivity contribution is -0.128. The maximum absolute atomic E-state index is 12.8. The minimum absolute atomic E-state index is 0.108. The summed E-state index contributed by atoms with van der Waals surface area (Å²) in [5, 5.41) is 0. The first-order valence-electron chi connectivity index (χ1n) is 8.74. The maximum atomic E-state index is 12.8. The summed E-state index contributed by atoms with van der Waals surface area (Å²) >= 11 is 1.69. The number of amides is 2. The largest absolute Gasteiger partial charge is 0.341 e. The summed E-state index contributed by atoms with van der Waals surface area (Å²) in [5.41, 5.74) is 1.40. The number of hydrogen-bond donors (Lipinski definition) is 0. The van der Waals surface area contributed by atoms with Crippen molar-refractivity contribution in [2.24, 2.45) is 5.92 Å². The molecule has 4 nitrogen and oxygen atoms in total. The highest BCUT2D eigenvalue weighted by atomic mass is 32.1. The van der Waals surface area contributed by atoms with E-state index in [9.17, 15) is 9.59 Å². The Bertz CT molecular complexity index is 596. The van der Waals surface area contributed by atoms with Crippen LogP contribution in [0.25, 0.3) is 0 Å². The van der Waals surface area contributed by atoms with Gasteiger partial charge in [0.2, 0.25) is 5.91 Å². The first-order chi connectivity index (χ1) is 11.1. The van der Waals surface area contributed by atoms with Crippen molar-refractivity contribution in [2.75, 3.05) is 26.2 Å². The minimum Gasteiger partial charge on any atom is -0.341 e. The molecule has 1 saturated heterocycles. The average molecular weight is 334 g/mol. The zero-order valence-corrected chi connectivity index (χ0v) is 15.0. The van der Waals surface area contributed by atoms with Gasteiger partial charge in [0, 0.05) is 38.0 Å². The number of hydrogen-bond acceptors (Lipinski definition) is 3. The van der Waals surface area contributed by atoms with E-state index in [0.717, 1.165) is 43.1 Å².